The number of amides is 1. The molecule has 0 radical (unpaired) electrons. The van der Waals surface area contributed by atoms with Gasteiger partial charge in [-0.2, -0.15) is 0 Å². The zero-order valence-corrected chi connectivity index (χ0v) is 13.7. The summed E-state index contributed by atoms with van der Waals surface area (Å²) in [6, 6.07) is 9.23. The highest BCUT2D eigenvalue weighted by molar-refractivity contribution is 9.10. The van der Waals surface area contributed by atoms with Crippen molar-refractivity contribution in [3.8, 4) is 0 Å². The average molecular weight is 414 g/mol. The van der Waals surface area contributed by atoms with E-state index >= 15 is 0 Å². The molecule has 0 aliphatic rings. The van der Waals surface area contributed by atoms with Gasteiger partial charge in [-0.05, 0) is 52.3 Å². The Morgan fingerprint density at radius 1 is 1.05 bits per heavy atom. The second kappa shape index (κ2) is 6.28. The highest BCUT2D eigenvalue weighted by atomic mass is 79.9. The van der Waals surface area contributed by atoms with E-state index in [1.54, 1.807) is 18.2 Å². The molecular weight excluding hydrogens is 404 g/mol. The van der Waals surface area contributed by atoms with Gasteiger partial charge in [0.15, 0.2) is 0 Å². The largest absolute Gasteiger partial charge is 0.478 e. The second-order valence-corrected chi connectivity index (χ2v) is 6.00. The Morgan fingerprint density at radius 2 is 1.76 bits per heavy atom. The topological polar surface area (TPSA) is 92.4 Å². The van der Waals surface area contributed by atoms with Gasteiger partial charge in [0.2, 0.25) is 0 Å². The Balaban J connectivity index is 2.31. The number of carboxylic acid groups (broad SMARTS) is 1. The third kappa shape index (κ3) is 3.83. The number of benzene rings is 2. The summed E-state index contributed by atoms with van der Waals surface area (Å²) in [6.07, 6.45) is 0. The van der Waals surface area contributed by atoms with E-state index in [0.29, 0.717) is 25.9 Å². The molecule has 5 nitrogen and oxygen atoms in total. The van der Waals surface area contributed by atoms with Gasteiger partial charge in [-0.1, -0.05) is 15.9 Å². The zero-order valence-electron chi connectivity index (χ0n) is 10.6. The van der Waals surface area contributed by atoms with Crippen molar-refractivity contribution in [2.45, 2.75) is 0 Å². The maximum absolute atomic E-state index is 12.2. The van der Waals surface area contributed by atoms with Crippen LogP contribution in [0.2, 0.25) is 0 Å². The molecule has 7 heteroatoms. The number of rotatable bonds is 3. The molecule has 0 spiro atoms. The third-order valence-electron chi connectivity index (χ3n) is 2.64. The lowest BCUT2D eigenvalue weighted by atomic mass is 10.1. The van der Waals surface area contributed by atoms with Crippen LogP contribution in [-0.2, 0) is 0 Å². The zero-order chi connectivity index (χ0) is 15.6. The summed E-state index contributed by atoms with van der Waals surface area (Å²) < 4.78 is 1.27. The van der Waals surface area contributed by atoms with Crippen LogP contribution in [0.25, 0.3) is 0 Å². The van der Waals surface area contributed by atoms with Crippen LogP contribution in [-0.4, -0.2) is 17.0 Å². The predicted octanol–water partition coefficient (Wildman–Crippen LogP) is 3.74. The van der Waals surface area contributed by atoms with Crippen molar-refractivity contribution in [1.82, 2.24) is 0 Å². The number of halogens is 2. The Labute approximate surface area is 137 Å². The first-order chi connectivity index (χ1) is 9.86. The van der Waals surface area contributed by atoms with Crippen LogP contribution in [0.4, 0.5) is 11.4 Å². The summed E-state index contributed by atoms with van der Waals surface area (Å²) in [7, 11) is 0. The average Bonchev–Trinajstić information content (AvgIpc) is 2.39. The molecule has 4 N–H and O–H groups in total. The summed E-state index contributed by atoms with van der Waals surface area (Å²) in [5.74, 6) is -1.45. The van der Waals surface area contributed by atoms with E-state index in [2.05, 4.69) is 37.2 Å². The van der Waals surface area contributed by atoms with Crippen LogP contribution in [0.3, 0.4) is 0 Å². The Hall–Kier alpha value is -1.86. The maximum Gasteiger partial charge on any atom is 0.335 e. The molecule has 0 bridgehead atoms. The van der Waals surface area contributed by atoms with Crippen LogP contribution < -0.4 is 11.1 Å². The van der Waals surface area contributed by atoms with Gasteiger partial charge >= 0.3 is 5.97 Å². The summed E-state index contributed by atoms with van der Waals surface area (Å²) in [5, 5.41) is 11.6. The number of anilines is 2. The molecule has 1 amide bonds. The van der Waals surface area contributed by atoms with Crippen LogP contribution >= 0.6 is 31.9 Å². The van der Waals surface area contributed by atoms with Gasteiger partial charge in [0.05, 0.1) is 11.3 Å². The molecule has 0 heterocycles. The monoisotopic (exact) mass is 412 g/mol. The summed E-state index contributed by atoms with van der Waals surface area (Å²) in [4.78, 5) is 23.2. The number of nitrogens with two attached hydrogens (primary N) is 1. The lowest BCUT2D eigenvalue weighted by Crippen LogP contribution is -2.13. The van der Waals surface area contributed by atoms with Crippen molar-refractivity contribution < 1.29 is 14.7 Å². The van der Waals surface area contributed by atoms with Crippen molar-refractivity contribution >= 4 is 55.1 Å². The summed E-state index contributed by atoms with van der Waals surface area (Å²) in [6.45, 7) is 0. The minimum Gasteiger partial charge on any atom is -0.478 e. The van der Waals surface area contributed by atoms with Crippen molar-refractivity contribution in [2.75, 3.05) is 11.1 Å². The molecule has 2 aromatic carbocycles. The Kier molecular flexibility index (Phi) is 4.64. The molecule has 0 unspecified atom stereocenters. The van der Waals surface area contributed by atoms with Gasteiger partial charge in [0, 0.05) is 20.2 Å². The smallest absolute Gasteiger partial charge is 0.335 e. The van der Waals surface area contributed by atoms with E-state index in [1.807, 2.05) is 0 Å². The van der Waals surface area contributed by atoms with Gasteiger partial charge in [-0.3, -0.25) is 4.79 Å². The van der Waals surface area contributed by atoms with Gasteiger partial charge < -0.3 is 16.2 Å². The number of nitrogens with one attached hydrogen (secondary N) is 1. The molecule has 108 valence electrons. The van der Waals surface area contributed by atoms with Crippen molar-refractivity contribution in [3.05, 3.63) is 56.5 Å². The summed E-state index contributed by atoms with van der Waals surface area (Å²) >= 11 is 6.53. The van der Waals surface area contributed by atoms with Gasteiger partial charge in [-0.25, -0.2) is 4.79 Å². The number of hydrogen-bond acceptors (Lipinski definition) is 3. The van der Waals surface area contributed by atoms with E-state index in [9.17, 15) is 9.59 Å². The van der Waals surface area contributed by atoms with Gasteiger partial charge in [0.25, 0.3) is 5.91 Å². The molecule has 0 saturated carbocycles. The fraction of sp³-hybridized carbons (Fsp3) is 0. The van der Waals surface area contributed by atoms with Crippen molar-refractivity contribution in [1.29, 1.82) is 0 Å². The van der Waals surface area contributed by atoms with E-state index < -0.39 is 5.97 Å². The standard InChI is InChI=1S/C14H10Br2N2O3/c15-9-3-8(4-10(17)6-9)13(19)18-12-5-7(14(20)21)1-2-11(12)16/h1-6H,17H2,(H,18,19)(H,20,21). The molecular formula is C14H10Br2N2O3. The quantitative estimate of drug-likeness (QED) is 0.668. The number of aromatic carboxylic acids is 1. The van der Waals surface area contributed by atoms with Crippen molar-refractivity contribution in [3.63, 3.8) is 0 Å². The number of carboxylic acids is 1. The normalized spacial score (nSPS) is 10.2. The first-order valence-corrected chi connectivity index (χ1v) is 7.35. The number of carbonyl (C=O) groups is 2. The first kappa shape index (κ1) is 15.5. The fourth-order valence-electron chi connectivity index (χ4n) is 1.69. The molecule has 0 aliphatic heterocycles. The number of hydrogen-bond donors (Lipinski definition) is 3. The highest BCUT2D eigenvalue weighted by Crippen LogP contribution is 2.25. The van der Waals surface area contributed by atoms with E-state index in [-0.39, 0.29) is 11.5 Å². The molecule has 0 fully saturated rings. The lowest BCUT2D eigenvalue weighted by Gasteiger charge is -2.09. The van der Waals surface area contributed by atoms with E-state index in [0.717, 1.165) is 0 Å². The number of nitrogen functional groups attached to an aromatic ring is 1. The molecule has 0 saturated heterocycles. The minimum atomic E-state index is -1.07. The third-order valence-corrected chi connectivity index (χ3v) is 3.79. The van der Waals surface area contributed by atoms with Crippen LogP contribution in [0, 0.1) is 0 Å². The maximum atomic E-state index is 12.2. The molecule has 0 aliphatic carbocycles. The van der Waals surface area contributed by atoms with Crippen LogP contribution in [0.15, 0.2) is 45.3 Å². The summed E-state index contributed by atoms with van der Waals surface area (Å²) in [5.41, 5.74) is 6.97. The molecule has 0 atom stereocenters. The Morgan fingerprint density at radius 3 is 2.38 bits per heavy atom. The van der Waals surface area contributed by atoms with Gasteiger partial charge in [0.1, 0.15) is 0 Å². The number of carbonyl (C=O) groups excluding carboxylic acids is 1. The molecule has 21 heavy (non-hydrogen) atoms. The second-order valence-electron chi connectivity index (χ2n) is 4.23. The van der Waals surface area contributed by atoms with Crippen LogP contribution in [0.5, 0.6) is 0 Å². The fourth-order valence-corrected chi connectivity index (χ4v) is 2.55. The lowest BCUT2D eigenvalue weighted by molar-refractivity contribution is 0.0696. The first-order valence-electron chi connectivity index (χ1n) is 5.77. The SMILES string of the molecule is Nc1cc(Br)cc(C(=O)Nc2cc(C(=O)O)ccc2Br)c1. The molecule has 0 aromatic heterocycles. The van der Waals surface area contributed by atoms with E-state index in [4.69, 9.17) is 10.8 Å². The van der Waals surface area contributed by atoms with Gasteiger partial charge in [-0.15, -0.1) is 0 Å². The minimum absolute atomic E-state index is 0.0854. The Bertz CT molecular complexity index is 712. The molecule has 2 rings (SSSR count). The van der Waals surface area contributed by atoms with Crippen molar-refractivity contribution in [2.24, 2.45) is 0 Å². The highest BCUT2D eigenvalue weighted by Gasteiger charge is 2.12. The molecule has 2 aromatic rings. The van der Waals surface area contributed by atoms with Crippen LogP contribution in [0.1, 0.15) is 20.7 Å². The van der Waals surface area contributed by atoms with E-state index in [1.165, 1.54) is 18.2 Å². The predicted molar refractivity (Wildman–Crippen MR) is 87.6 cm³/mol.